The predicted molar refractivity (Wildman–Crippen MR) is 143 cm³/mol. The number of rotatable bonds is 5. The van der Waals surface area contributed by atoms with E-state index in [0.717, 1.165) is 6.42 Å². The Balaban J connectivity index is 1.67. The van der Waals surface area contributed by atoms with Crippen LogP contribution < -0.4 is 3.27 Å². The summed E-state index contributed by atoms with van der Waals surface area (Å²) in [7, 11) is 13.5. The molecular weight excluding hydrogens is 534 g/mol. The molecule has 0 amide bonds. The summed E-state index contributed by atoms with van der Waals surface area (Å²) in [5.74, 6) is 0. The molecule has 0 aromatic heterocycles. The van der Waals surface area contributed by atoms with E-state index in [1.807, 2.05) is 0 Å². The Bertz CT molecular complexity index is 1340. The quantitative estimate of drug-likeness (QED) is 0.201. The third kappa shape index (κ3) is 4.15. The van der Waals surface area contributed by atoms with E-state index in [1.165, 1.54) is 47.8 Å². The van der Waals surface area contributed by atoms with Gasteiger partial charge in [-0.3, -0.25) is 0 Å². The van der Waals surface area contributed by atoms with Crippen LogP contribution in [-0.4, -0.2) is 0 Å². The molecule has 0 heterocycles. The van der Waals surface area contributed by atoms with Gasteiger partial charge in [-0.1, -0.05) is 0 Å². The number of fused-ring (bicyclic) bond motifs is 3. The van der Waals surface area contributed by atoms with Gasteiger partial charge in [0, 0.05) is 0 Å². The first kappa shape index (κ1) is 24.1. The minimum absolute atomic E-state index is 0.0807. The first-order chi connectivity index (χ1) is 16.2. The van der Waals surface area contributed by atoms with Crippen molar-refractivity contribution in [1.29, 1.82) is 0 Å². The first-order valence-corrected chi connectivity index (χ1v) is 19.4. The monoisotopic (exact) mass is 561 g/mol. The molecule has 0 nitrogen and oxygen atoms in total. The molecule has 5 rings (SSSR count). The molecule has 34 heavy (non-hydrogen) atoms. The van der Waals surface area contributed by atoms with E-state index in [0.29, 0.717) is 0 Å². The molecule has 0 aliphatic heterocycles. The molecule has 1 aliphatic rings. The zero-order valence-electron chi connectivity index (χ0n) is 20.1. The average Bonchev–Trinajstić information content (AvgIpc) is 3.22. The molecule has 0 radical (unpaired) electrons. The van der Waals surface area contributed by atoms with Gasteiger partial charge in [-0.15, -0.1) is 0 Å². The second-order valence-corrected chi connectivity index (χ2v) is 18.6. The van der Waals surface area contributed by atoms with Gasteiger partial charge in [-0.05, 0) is 0 Å². The number of hydrogen-bond donors (Lipinski definition) is 0. The van der Waals surface area contributed by atoms with Crippen molar-refractivity contribution in [2.24, 2.45) is 0 Å². The van der Waals surface area contributed by atoms with Gasteiger partial charge in [-0.25, -0.2) is 0 Å². The molecule has 0 spiro atoms. The van der Waals surface area contributed by atoms with Gasteiger partial charge in [0.1, 0.15) is 0 Å². The SMILES string of the molecule is CC(C)(c1ccccc1)c1ccc2c(c1)-c1cc(C(C)(C)c3ccccc3)c[c]([Zr]([Cl])[Cl])c1C2. The summed E-state index contributed by atoms with van der Waals surface area (Å²) >= 11 is -2.67. The standard InChI is InChI=1S/C31H29.2ClH.Zr/c1-30(2,24-11-7-5-8-12-24)26-17-15-22-19-23-16-18-27(21-29(23)28(22)20-26)31(3,4)25-13-9-6-10-14-25;;;/h5-15,17-18,20-21H,19H2,1-4H3;2*1H;/q;;;+2/p-2. The van der Waals surface area contributed by atoms with Crippen LogP contribution in [0.15, 0.2) is 91.0 Å². The molecule has 3 heteroatoms. The van der Waals surface area contributed by atoms with Gasteiger partial charge < -0.3 is 0 Å². The van der Waals surface area contributed by atoms with E-state index in [-0.39, 0.29) is 10.8 Å². The zero-order valence-corrected chi connectivity index (χ0v) is 24.1. The van der Waals surface area contributed by atoms with Gasteiger partial charge >= 0.3 is 220 Å². The van der Waals surface area contributed by atoms with Crippen molar-refractivity contribution < 1.29 is 19.4 Å². The Kier molecular flexibility index (Phi) is 6.43. The second kappa shape index (κ2) is 9.09. The molecule has 0 bridgehead atoms. The Morgan fingerprint density at radius 3 is 1.68 bits per heavy atom. The number of benzene rings is 4. The van der Waals surface area contributed by atoms with Crippen LogP contribution in [0.1, 0.15) is 61.1 Å². The van der Waals surface area contributed by atoms with Crippen LogP contribution in [0.4, 0.5) is 0 Å². The van der Waals surface area contributed by atoms with Crippen LogP contribution in [0.3, 0.4) is 0 Å². The van der Waals surface area contributed by atoms with Gasteiger partial charge in [-0.2, -0.15) is 0 Å². The van der Waals surface area contributed by atoms with Crippen LogP contribution in [0, 0.1) is 0 Å². The predicted octanol–water partition coefficient (Wildman–Crippen LogP) is 8.46. The van der Waals surface area contributed by atoms with Crippen molar-refractivity contribution in [3.8, 4) is 11.1 Å². The summed E-state index contributed by atoms with van der Waals surface area (Å²) in [6, 6.07) is 33.2. The van der Waals surface area contributed by atoms with Gasteiger partial charge in [0.2, 0.25) is 0 Å². The molecule has 0 saturated heterocycles. The molecule has 4 aromatic rings. The molecule has 0 N–H and O–H groups in total. The molecule has 0 unspecified atom stereocenters. The average molecular weight is 564 g/mol. The summed E-state index contributed by atoms with van der Waals surface area (Å²) in [5.41, 5.74) is 10.4. The third-order valence-electron chi connectivity index (χ3n) is 7.66. The van der Waals surface area contributed by atoms with E-state index in [1.54, 1.807) is 0 Å². The fourth-order valence-corrected chi connectivity index (χ4v) is 8.99. The van der Waals surface area contributed by atoms with Crippen molar-refractivity contribution in [3.05, 3.63) is 124 Å². The van der Waals surface area contributed by atoms with Crippen LogP contribution in [0.2, 0.25) is 0 Å². The van der Waals surface area contributed by atoms with Crippen molar-refractivity contribution in [1.82, 2.24) is 0 Å². The Hall–Kier alpha value is -1.66. The molecule has 0 atom stereocenters. The summed E-state index contributed by atoms with van der Waals surface area (Å²) in [5, 5.41) is 0. The van der Waals surface area contributed by atoms with Crippen LogP contribution in [0.25, 0.3) is 11.1 Å². The van der Waals surface area contributed by atoms with Crippen molar-refractivity contribution in [2.45, 2.75) is 44.9 Å². The summed E-state index contributed by atoms with van der Waals surface area (Å²) in [6.45, 7) is 9.21. The molecular formula is C31H29Cl2Zr. The van der Waals surface area contributed by atoms with Crippen molar-refractivity contribution in [3.63, 3.8) is 0 Å². The van der Waals surface area contributed by atoms with E-state index in [2.05, 4.69) is 119 Å². The summed E-state index contributed by atoms with van der Waals surface area (Å²) in [4.78, 5) is 0. The summed E-state index contributed by atoms with van der Waals surface area (Å²) < 4.78 is 1.22. The molecule has 171 valence electrons. The maximum atomic E-state index is 6.74. The Morgan fingerprint density at radius 2 is 1.12 bits per heavy atom. The molecule has 4 aromatic carbocycles. The number of hydrogen-bond acceptors (Lipinski definition) is 0. The first-order valence-electron chi connectivity index (χ1n) is 11.8. The van der Waals surface area contributed by atoms with Crippen molar-refractivity contribution in [2.75, 3.05) is 0 Å². The fourth-order valence-electron chi connectivity index (χ4n) is 5.24. The maximum absolute atomic E-state index is 6.74. The van der Waals surface area contributed by atoms with Crippen molar-refractivity contribution >= 4 is 20.3 Å². The van der Waals surface area contributed by atoms with Crippen LogP contribution in [-0.2, 0) is 36.6 Å². The molecule has 0 fully saturated rings. The van der Waals surface area contributed by atoms with Crippen LogP contribution >= 0.6 is 17.0 Å². The van der Waals surface area contributed by atoms with E-state index < -0.39 is 19.4 Å². The Morgan fingerprint density at radius 1 is 0.588 bits per heavy atom. The van der Waals surface area contributed by atoms with E-state index in [4.69, 9.17) is 17.0 Å². The minimum atomic E-state index is -2.67. The Labute approximate surface area is 218 Å². The van der Waals surface area contributed by atoms with Gasteiger partial charge in [0.15, 0.2) is 0 Å². The normalized spacial score (nSPS) is 12.9. The zero-order chi connectivity index (χ0) is 24.1. The van der Waals surface area contributed by atoms with Crippen LogP contribution in [0.5, 0.6) is 0 Å². The fraction of sp³-hybridized carbons (Fsp3) is 0.226. The third-order valence-corrected chi connectivity index (χ3v) is 12.2. The number of halogens is 2. The second-order valence-electron chi connectivity index (χ2n) is 10.3. The molecule has 1 aliphatic carbocycles. The van der Waals surface area contributed by atoms with Gasteiger partial charge in [0.05, 0.1) is 0 Å². The van der Waals surface area contributed by atoms with Gasteiger partial charge in [0.25, 0.3) is 0 Å². The van der Waals surface area contributed by atoms with E-state index in [9.17, 15) is 0 Å². The summed E-state index contributed by atoms with van der Waals surface area (Å²) in [6.07, 6.45) is 0.918. The molecule has 0 saturated carbocycles. The topological polar surface area (TPSA) is 0 Å². The van der Waals surface area contributed by atoms with E-state index >= 15 is 0 Å².